The number of anilines is 1. The summed E-state index contributed by atoms with van der Waals surface area (Å²) < 4.78 is 10.8. The molecule has 0 aliphatic carbocycles. The number of likely N-dealkylation sites (N-methyl/N-ethyl adjacent to an activating group) is 1. The van der Waals surface area contributed by atoms with E-state index in [4.69, 9.17) is 9.47 Å². The average Bonchev–Trinajstić information content (AvgIpc) is 2.54. The van der Waals surface area contributed by atoms with E-state index in [1.54, 1.807) is 13.2 Å². The zero-order valence-corrected chi connectivity index (χ0v) is 13.2. The van der Waals surface area contributed by atoms with E-state index < -0.39 is 6.10 Å². The number of aliphatic hydroxyl groups excluding tert-OH is 1. The highest BCUT2D eigenvalue weighted by Crippen LogP contribution is 2.17. The van der Waals surface area contributed by atoms with E-state index in [1.807, 2.05) is 55.3 Å². The summed E-state index contributed by atoms with van der Waals surface area (Å²) >= 11 is 0. The topological polar surface area (TPSA) is 54.8 Å². The van der Waals surface area contributed by atoms with E-state index in [9.17, 15) is 5.11 Å². The number of aromatic nitrogens is 1. The number of pyridine rings is 1. The van der Waals surface area contributed by atoms with Gasteiger partial charge < -0.3 is 19.5 Å². The van der Waals surface area contributed by atoms with Crippen molar-refractivity contribution in [1.29, 1.82) is 0 Å². The van der Waals surface area contributed by atoms with Crippen molar-refractivity contribution < 1.29 is 14.6 Å². The standard InChI is InChI=1S/C17H22N2O3/c1-13-7-4-5-8-15(13)22-12-14(20)11-19(2)16-9-6-10-17(18-16)21-3/h4-10,14,20H,11-12H2,1-3H3. The fourth-order valence-electron chi connectivity index (χ4n) is 2.10. The second-order valence-electron chi connectivity index (χ2n) is 5.15. The van der Waals surface area contributed by atoms with Crippen LogP contribution in [0.15, 0.2) is 42.5 Å². The Balaban J connectivity index is 1.88. The fourth-order valence-corrected chi connectivity index (χ4v) is 2.10. The molecule has 5 nitrogen and oxygen atoms in total. The van der Waals surface area contributed by atoms with Gasteiger partial charge in [0.25, 0.3) is 0 Å². The summed E-state index contributed by atoms with van der Waals surface area (Å²) in [7, 11) is 3.45. The van der Waals surface area contributed by atoms with Gasteiger partial charge in [-0.05, 0) is 24.6 Å². The van der Waals surface area contributed by atoms with Crippen LogP contribution in [-0.4, -0.2) is 43.5 Å². The number of ether oxygens (including phenoxy) is 2. The number of hydrogen-bond acceptors (Lipinski definition) is 5. The quantitative estimate of drug-likeness (QED) is 0.850. The molecule has 0 fully saturated rings. The van der Waals surface area contributed by atoms with Crippen molar-refractivity contribution in [1.82, 2.24) is 4.98 Å². The van der Waals surface area contributed by atoms with Gasteiger partial charge in [0.2, 0.25) is 5.88 Å². The highest BCUT2D eigenvalue weighted by molar-refractivity contribution is 5.39. The predicted molar refractivity (Wildman–Crippen MR) is 86.7 cm³/mol. The van der Waals surface area contributed by atoms with Crippen molar-refractivity contribution in [3.8, 4) is 11.6 Å². The summed E-state index contributed by atoms with van der Waals surface area (Å²) in [4.78, 5) is 6.20. The van der Waals surface area contributed by atoms with Crippen LogP contribution in [0.5, 0.6) is 11.6 Å². The Bertz CT molecular complexity index is 604. The van der Waals surface area contributed by atoms with Gasteiger partial charge in [0, 0.05) is 19.7 Å². The summed E-state index contributed by atoms with van der Waals surface area (Å²) in [5.41, 5.74) is 1.05. The van der Waals surface area contributed by atoms with Crippen LogP contribution in [0.25, 0.3) is 0 Å². The lowest BCUT2D eigenvalue weighted by molar-refractivity contribution is 0.112. The number of hydrogen-bond donors (Lipinski definition) is 1. The lowest BCUT2D eigenvalue weighted by Gasteiger charge is -2.22. The molecule has 0 bridgehead atoms. The first-order valence-electron chi connectivity index (χ1n) is 7.19. The summed E-state index contributed by atoms with van der Waals surface area (Å²) in [6.07, 6.45) is -0.613. The van der Waals surface area contributed by atoms with E-state index in [2.05, 4.69) is 4.98 Å². The summed E-state index contributed by atoms with van der Waals surface area (Å²) in [6, 6.07) is 13.3. The summed E-state index contributed by atoms with van der Waals surface area (Å²) in [5.74, 6) is 2.09. The Morgan fingerprint density at radius 1 is 1.18 bits per heavy atom. The molecule has 1 unspecified atom stereocenters. The molecule has 0 radical (unpaired) electrons. The highest BCUT2D eigenvalue weighted by atomic mass is 16.5. The first-order valence-corrected chi connectivity index (χ1v) is 7.19. The number of benzene rings is 1. The molecule has 0 spiro atoms. The van der Waals surface area contributed by atoms with Gasteiger partial charge in [0.1, 0.15) is 24.3 Å². The zero-order chi connectivity index (χ0) is 15.9. The number of aliphatic hydroxyl groups is 1. The molecule has 2 aromatic rings. The minimum Gasteiger partial charge on any atom is -0.491 e. The van der Waals surface area contributed by atoms with Gasteiger partial charge in [-0.2, -0.15) is 4.98 Å². The zero-order valence-electron chi connectivity index (χ0n) is 13.2. The van der Waals surface area contributed by atoms with Crippen LogP contribution in [0.4, 0.5) is 5.82 Å². The van der Waals surface area contributed by atoms with Crippen LogP contribution < -0.4 is 14.4 Å². The van der Waals surface area contributed by atoms with Crippen molar-refractivity contribution in [3.05, 3.63) is 48.0 Å². The van der Waals surface area contributed by atoms with Crippen LogP contribution >= 0.6 is 0 Å². The molecule has 1 atom stereocenters. The number of aryl methyl sites for hydroxylation is 1. The molecule has 0 aliphatic heterocycles. The van der Waals surface area contributed by atoms with E-state index in [-0.39, 0.29) is 6.61 Å². The second kappa shape index (κ2) is 7.66. The van der Waals surface area contributed by atoms with E-state index in [0.29, 0.717) is 12.4 Å². The van der Waals surface area contributed by atoms with Crippen molar-refractivity contribution >= 4 is 5.82 Å². The smallest absolute Gasteiger partial charge is 0.214 e. The molecule has 1 aromatic carbocycles. The van der Waals surface area contributed by atoms with Crippen LogP contribution in [0, 0.1) is 6.92 Å². The molecule has 0 saturated heterocycles. The van der Waals surface area contributed by atoms with Crippen molar-refractivity contribution in [3.63, 3.8) is 0 Å². The van der Waals surface area contributed by atoms with Gasteiger partial charge in [-0.3, -0.25) is 0 Å². The molecule has 1 aromatic heterocycles. The predicted octanol–water partition coefficient (Wildman–Crippen LogP) is 2.27. The van der Waals surface area contributed by atoms with Gasteiger partial charge in [0.15, 0.2) is 0 Å². The van der Waals surface area contributed by atoms with Crippen LogP contribution in [0.1, 0.15) is 5.56 Å². The molecular weight excluding hydrogens is 280 g/mol. The van der Waals surface area contributed by atoms with Crippen molar-refractivity contribution in [2.45, 2.75) is 13.0 Å². The third-order valence-corrected chi connectivity index (χ3v) is 3.32. The molecule has 0 saturated carbocycles. The maximum atomic E-state index is 10.1. The normalized spacial score (nSPS) is 11.8. The molecule has 0 amide bonds. The van der Waals surface area contributed by atoms with Gasteiger partial charge in [-0.15, -0.1) is 0 Å². The summed E-state index contributed by atoms with van der Waals surface area (Å²) in [5, 5.41) is 10.1. The SMILES string of the molecule is COc1cccc(N(C)CC(O)COc2ccccc2C)n1. The molecule has 1 N–H and O–H groups in total. The second-order valence-corrected chi connectivity index (χ2v) is 5.15. The number of methoxy groups -OCH3 is 1. The molecule has 118 valence electrons. The number of nitrogens with zero attached hydrogens (tertiary/aromatic N) is 2. The lowest BCUT2D eigenvalue weighted by Crippen LogP contribution is -2.33. The van der Waals surface area contributed by atoms with Crippen LogP contribution in [-0.2, 0) is 0 Å². The van der Waals surface area contributed by atoms with Crippen LogP contribution in [0.3, 0.4) is 0 Å². The van der Waals surface area contributed by atoms with Gasteiger partial charge in [0.05, 0.1) is 7.11 Å². The Hall–Kier alpha value is -2.27. The van der Waals surface area contributed by atoms with E-state index >= 15 is 0 Å². The first kappa shape index (κ1) is 16.1. The minimum absolute atomic E-state index is 0.235. The Morgan fingerprint density at radius 2 is 1.95 bits per heavy atom. The lowest BCUT2D eigenvalue weighted by atomic mass is 10.2. The average molecular weight is 302 g/mol. The molecule has 22 heavy (non-hydrogen) atoms. The van der Waals surface area contributed by atoms with Gasteiger partial charge >= 0.3 is 0 Å². The number of para-hydroxylation sites is 1. The first-order chi connectivity index (χ1) is 10.6. The number of rotatable bonds is 7. The Kier molecular flexibility index (Phi) is 5.61. The maximum Gasteiger partial charge on any atom is 0.214 e. The van der Waals surface area contributed by atoms with Crippen molar-refractivity contribution in [2.75, 3.05) is 32.2 Å². The Labute approximate surface area is 131 Å². The highest BCUT2D eigenvalue weighted by Gasteiger charge is 2.12. The molecule has 5 heteroatoms. The van der Waals surface area contributed by atoms with E-state index in [0.717, 1.165) is 17.1 Å². The van der Waals surface area contributed by atoms with Gasteiger partial charge in [-0.25, -0.2) is 0 Å². The monoisotopic (exact) mass is 302 g/mol. The maximum absolute atomic E-state index is 10.1. The van der Waals surface area contributed by atoms with Crippen LogP contribution in [0.2, 0.25) is 0 Å². The molecular formula is C17H22N2O3. The minimum atomic E-state index is -0.613. The molecule has 0 aliphatic rings. The summed E-state index contributed by atoms with van der Waals surface area (Å²) in [6.45, 7) is 2.64. The molecule has 1 heterocycles. The Morgan fingerprint density at radius 3 is 2.68 bits per heavy atom. The van der Waals surface area contributed by atoms with Crippen molar-refractivity contribution in [2.24, 2.45) is 0 Å². The van der Waals surface area contributed by atoms with E-state index in [1.165, 1.54) is 0 Å². The largest absolute Gasteiger partial charge is 0.491 e. The third-order valence-electron chi connectivity index (χ3n) is 3.32. The fraction of sp³-hybridized carbons (Fsp3) is 0.353. The third kappa shape index (κ3) is 4.36. The molecule has 2 rings (SSSR count). The van der Waals surface area contributed by atoms with Gasteiger partial charge in [-0.1, -0.05) is 24.3 Å².